The highest BCUT2D eigenvalue weighted by molar-refractivity contribution is 7.18. The van der Waals surface area contributed by atoms with Crippen LogP contribution < -0.4 is 4.90 Å². The van der Waals surface area contributed by atoms with Crippen LogP contribution in [0.15, 0.2) is 60.0 Å². The Balaban J connectivity index is 1.84. The third-order valence-electron chi connectivity index (χ3n) is 5.09. The topological polar surface area (TPSA) is 96.8 Å². The van der Waals surface area contributed by atoms with E-state index in [1.807, 2.05) is 24.4 Å². The molecule has 7 nitrogen and oxygen atoms in total. The third kappa shape index (κ3) is 4.12. The van der Waals surface area contributed by atoms with Gasteiger partial charge in [-0.3, -0.25) is 14.5 Å². The van der Waals surface area contributed by atoms with E-state index in [9.17, 15) is 19.5 Å². The number of carbonyl (C=O) groups excluding carboxylic acids is 3. The van der Waals surface area contributed by atoms with Crippen LogP contribution in [0.2, 0.25) is 0 Å². The predicted octanol–water partition coefficient (Wildman–Crippen LogP) is 4.79. The second-order valence-corrected chi connectivity index (χ2v) is 9.31. The first-order chi connectivity index (χ1) is 15.8. The van der Waals surface area contributed by atoms with Crippen molar-refractivity contribution in [2.45, 2.75) is 19.9 Å². The first kappa shape index (κ1) is 22.6. The van der Waals surface area contributed by atoms with Crippen LogP contribution in [0.3, 0.4) is 0 Å². The van der Waals surface area contributed by atoms with Gasteiger partial charge in [-0.15, -0.1) is 11.3 Å². The van der Waals surface area contributed by atoms with Crippen molar-refractivity contribution < 1.29 is 24.2 Å². The number of thiazole rings is 1. The summed E-state index contributed by atoms with van der Waals surface area (Å²) in [5.74, 6) is -2.47. The Morgan fingerprint density at radius 2 is 1.97 bits per heavy atom. The van der Waals surface area contributed by atoms with Gasteiger partial charge in [0.15, 0.2) is 5.13 Å². The molecule has 1 atom stereocenters. The molecule has 3 heterocycles. The first-order valence-electron chi connectivity index (χ1n) is 10.0. The van der Waals surface area contributed by atoms with Crippen molar-refractivity contribution in [3.8, 4) is 0 Å². The van der Waals surface area contributed by atoms with E-state index in [0.29, 0.717) is 16.1 Å². The van der Waals surface area contributed by atoms with E-state index in [4.69, 9.17) is 4.74 Å². The maximum Gasteiger partial charge on any atom is 0.350 e. The van der Waals surface area contributed by atoms with Crippen LogP contribution in [-0.4, -0.2) is 34.4 Å². The zero-order chi connectivity index (χ0) is 23.7. The number of esters is 1. The van der Waals surface area contributed by atoms with Gasteiger partial charge in [-0.05, 0) is 25.3 Å². The number of ketones is 1. The fraction of sp³-hybridized carbons (Fsp3) is 0.167. The number of hydrogen-bond acceptors (Lipinski definition) is 8. The van der Waals surface area contributed by atoms with Gasteiger partial charge < -0.3 is 9.84 Å². The predicted molar refractivity (Wildman–Crippen MR) is 128 cm³/mol. The van der Waals surface area contributed by atoms with Crippen LogP contribution in [-0.2, 0) is 14.3 Å². The molecule has 1 N–H and O–H groups in total. The minimum absolute atomic E-state index is 0.0186. The number of ether oxygens (including phenoxy) is 1. The summed E-state index contributed by atoms with van der Waals surface area (Å²) >= 11 is 2.32. The number of hydrogen-bond donors (Lipinski definition) is 1. The van der Waals surface area contributed by atoms with Gasteiger partial charge in [0, 0.05) is 10.4 Å². The zero-order valence-corrected chi connectivity index (χ0v) is 19.5. The molecule has 4 rings (SSSR count). The van der Waals surface area contributed by atoms with Gasteiger partial charge in [-0.25, -0.2) is 9.78 Å². The first-order valence-corrected chi connectivity index (χ1v) is 11.7. The lowest BCUT2D eigenvalue weighted by Crippen LogP contribution is -2.29. The SMILES string of the molecule is C=CCOC(=O)c1sc(N2C(=O)C(=O)C(=C(O)c3ccc(C)cc3)[C@H]2c2cccs2)nc1C. The molecular formula is C24H20N2O5S2. The molecular weight excluding hydrogens is 460 g/mol. The molecule has 0 bridgehead atoms. The number of aromatic nitrogens is 1. The molecule has 0 saturated carbocycles. The van der Waals surface area contributed by atoms with Gasteiger partial charge in [0.2, 0.25) is 0 Å². The van der Waals surface area contributed by atoms with E-state index < -0.39 is 23.7 Å². The number of aryl methyl sites for hydroxylation is 2. The lowest BCUT2D eigenvalue weighted by Gasteiger charge is -2.21. The summed E-state index contributed by atoms with van der Waals surface area (Å²) in [7, 11) is 0. The molecule has 1 fully saturated rings. The molecule has 9 heteroatoms. The van der Waals surface area contributed by atoms with Crippen molar-refractivity contribution in [3.63, 3.8) is 0 Å². The molecule has 1 aliphatic rings. The number of anilines is 1. The van der Waals surface area contributed by atoms with E-state index in [1.54, 1.807) is 31.2 Å². The van der Waals surface area contributed by atoms with Crippen LogP contribution in [0.5, 0.6) is 0 Å². The van der Waals surface area contributed by atoms with E-state index in [1.165, 1.54) is 22.3 Å². The molecule has 0 spiro atoms. The van der Waals surface area contributed by atoms with Gasteiger partial charge in [0.1, 0.15) is 23.3 Å². The van der Waals surface area contributed by atoms with Crippen molar-refractivity contribution in [2.75, 3.05) is 11.5 Å². The van der Waals surface area contributed by atoms with E-state index in [2.05, 4.69) is 11.6 Å². The highest BCUT2D eigenvalue weighted by Crippen LogP contribution is 2.45. The fourth-order valence-corrected chi connectivity index (χ4v) is 5.30. The lowest BCUT2D eigenvalue weighted by atomic mass is 9.99. The normalized spacial score (nSPS) is 17.4. The van der Waals surface area contributed by atoms with Gasteiger partial charge in [-0.2, -0.15) is 0 Å². The number of thiophene rings is 1. The number of carbonyl (C=O) groups is 3. The molecule has 168 valence electrons. The largest absolute Gasteiger partial charge is 0.507 e. The standard InChI is InChI=1S/C24H20N2O5S2/c1-4-11-31-23(30)21-14(3)25-24(33-21)26-18(16-6-5-12-32-16)17(20(28)22(26)29)19(27)15-9-7-13(2)8-10-15/h4-10,12,18,27H,1,11H2,2-3H3/t18-/m1/s1. The van der Waals surface area contributed by atoms with Gasteiger partial charge in [-0.1, -0.05) is 59.9 Å². The minimum Gasteiger partial charge on any atom is -0.507 e. The molecule has 0 aliphatic carbocycles. The van der Waals surface area contributed by atoms with Gasteiger partial charge >= 0.3 is 11.9 Å². The van der Waals surface area contributed by atoms with Crippen LogP contribution >= 0.6 is 22.7 Å². The molecule has 1 saturated heterocycles. The Hall–Kier alpha value is -3.56. The summed E-state index contributed by atoms with van der Waals surface area (Å²) < 4.78 is 5.10. The summed E-state index contributed by atoms with van der Waals surface area (Å²) in [5.41, 5.74) is 1.80. The van der Waals surface area contributed by atoms with E-state index in [0.717, 1.165) is 16.9 Å². The molecule has 2 aromatic heterocycles. The molecule has 1 amide bonds. The van der Waals surface area contributed by atoms with Crippen molar-refractivity contribution in [1.29, 1.82) is 0 Å². The van der Waals surface area contributed by atoms with Crippen molar-refractivity contribution in [1.82, 2.24) is 4.98 Å². The van der Waals surface area contributed by atoms with Gasteiger partial charge in [0.05, 0.1) is 11.3 Å². The third-order valence-corrected chi connectivity index (χ3v) is 7.15. The quantitative estimate of drug-likeness (QED) is 0.179. The smallest absolute Gasteiger partial charge is 0.350 e. The molecule has 1 aromatic carbocycles. The fourth-order valence-electron chi connectivity index (χ4n) is 3.49. The Morgan fingerprint density at radius 1 is 1.24 bits per heavy atom. The average molecular weight is 481 g/mol. The van der Waals surface area contributed by atoms with Gasteiger partial charge in [0.25, 0.3) is 5.78 Å². The second kappa shape index (κ2) is 9.13. The summed E-state index contributed by atoms with van der Waals surface area (Å²) in [6.07, 6.45) is 1.45. The molecule has 3 aromatic rings. The Bertz CT molecular complexity index is 1270. The molecule has 1 aliphatic heterocycles. The van der Waals surface area contributed by atoms with Crippen LogP contribution in [0.25, 0.3) is 5.76 Å². The maximum atomic E-state index is 13.1. The molecule has 33 heavy (non-hydrogen) atoms. The number of nitrogens with zero attached hydrogens (tertiary/aromatic N) is 2. The van der Waals surface area contributed by atoms with E-state index in [-0.39, 0.29) is 27.9 Å². The number of benzene rings is 1. The second-order valence-electron chi connectivity index (χ2n) is 7.35. The highest BCUT2D eigenvalue weighted by atomic mass is 32.1. The van der Waals surface area contributed by atoms with Crippen LogP contribution in [0.1, 0.15) is 37.4 Å². The van der Waals surface area contributed by atoms with Crippen molar-refractivity contribution in [3.05, 3.63) is 86.6 Å². The minimum atomic E-state index is -0.867. The maximum absolute atomic E-state index is 13.1. The highest BCUT2D eigenvalue weighted by Gasteiger charge is 2.48. The average Bonchev–Trinajstić information content (AvgIpc) is 3.51. The molecule has 0 radical (unpaired) electrons. The summed E-state index contributed by atoms with van der Waals surface area (Å²) in [4.78, 5) is 45.2. The zero-order valence-electron chi connectivity index (χ0n) is 17.9. The Kier molecular flexibility index (Phi) is 6.26. The molecule has 0 unspecified atom stereocenters. The Morgan fingerprint density at radius 3 is 2.61 bits per heavy atom. The number of amides is 1. The Labute approximate surface area is 198 Å². The lowest BCUT2D eigenvalue weighted by molar-refractivity contribution is -0.132. The van der Waals surface area contributed by atoms with Crippen LogP contribution in [0, 0.1) is 13.8 Å². The summed E-state index contributed by atoms with van der Waals surface area (Å²) in [6, 6.07) is 9.75. The number of aliphatic hydroxyl groups excluding tert-OH is 1. The number of Topliss-reactive ketones (excluding diaryl/α,β-unsaturated/α-hetero) is 1. The van der Waals surface area contributed by atoms with Crippen molar-refractivity contribution >= 4 is 51.2 Å². The number of aliphatic hydroxyl groups is 1. The number of rotatable bonds is 6. The van der Waals surface area contributed by atoms with E-state index >= 15 is 0 Å². The summed E-state index contributed by atoms with van der Waals surface area (Å²) in [6.45, 7) is 7.11. The van der Waals surface area contributed by atoms with Crippen molar-refractivity contribution in [2.24, 2.45) is 0 Å². The van der Waals surface area contributed by atoms with Crippen LogP contribution in [0.4, 0.5) is 5.13 Å². The monoisotopic (exact) mass is 480 g/mol. The summed E-state index contributed by atoms with van der Waals surface area (Å²) in [5, 5.41) is 13.1.